The van der Waals surface area contributed by atoms with Crippen LogP contribution in [0.25, 0.3) is 0 Å². The Hall–Kier alpha value is -2.68. The molecule has 0 unspecified atom stereocenters. The van der Waals surface area contributed by atoms with E-state index in [9.17, 15) is 14.4 Å². The molecular weight excluding hydrogens is 324 g/mol. The van der Waals surface area contributed by atoms with Gasteiger partial charge in [-0.2, -0.15) is 0 Å². The van der Waals surface area contributed by atoms with Gasteiger partial charge in [0, 0.05) is 5.56 Å². The Morgan fingerprint density at radius 1 is 1.09 bits per heavy atom. The van der Waals surface area contributed by atoms with E-state index >= 15 is 0 Å². The number of fused-ring (bicyclic) bond motifs is 1. The van der Waals surface area contributed by atoms with Crippen LogP contribution in [0.1, 0.15) is 22.0 Å². The Kier molecular flexibility index (Phi) is 3.64. The second-order valence-electron chi connectivity index (χ2n) is 4.88. The molecule has 0 aliphatic carbocycles. The predicted octanol–water partition coefficient (Wildman–Crippen LogP) is 0.0624. The minimum absolute atomic E-state index is 0.0758. The average molecular weight is 336 g/mol. The number of thiocarbonyl (C=S) groups is 1. The Bertz CT molecular complexity index is 727. The minimum Gasteiger partial charge on any atom is -0.493 e. The van der Waals surface area contributed by atoms with Gasteiger partial charge in [-0.25, -0.2) is 4.79 Å². The number of esters is 1. The van der Waals surface area contributed by atoms with Gasteiger partial charge in [0.15, 0.2) is 22.5 Å². The maximum absolute atomic E-state index is 12.2. The number of hydrogen-bond acceptors (Lipinski definition) is 7. The molecule has 23 heavy (non-hydrogen) atoms. The lowest BCUT2D eigenvalue weighted by molar-refractivity contribution is -0.139. The van der Waals surface area contributed by atoms with Crippen LogP contribution in [0, 0.1) is 5.92 Å². The molecule has 0 bridgehead atoms. The van der Waals surface area contributed by atoms with E-state index in [-0.39, 0.29) is 16.4 Å². The van der Waals surface area contributed by atoms with E-state index in [1.54, 1.807) is 12.1 Å². The minimum atomic E-state index is -1.23. The first-order valence-corrected chi connectivity index (χ1v) is 7.00. The van der Waals surface area contributed by atoms with Gasteiger partial charge < -0.3 is 24.8 Å². The highest BCUT2D eigenvalue weighted by molar-refractivity contribution is 7.80. The summed E-state index contributed by atoms with van der Waals surface area (Å²) in [7, 11) is 2.82. The third-order valence-electron chi connectivity index (χ3n) is 3.66. The number of carbonyl (C=O) groups excluding carboxylic acids is 3. The van der Waals surface area contributed by atoms with Gasteiger partial charge in [0.05, 0.1) is 14.2 Å². The summed E-state index contributed by atoms with van der Waals surface area (Å²) in [6, 6.07) is 3.15. The first-order chi connectivity index (χ1) is 11.0. The summed E-state index contributed by atoms with van der Waals surface area (Å²) in [5.41, 5.74) is 0.529. The van der Waals surface area contributed by atoms with Crippen molar-refractivity contribution in [2.24, 2.45) is 5.92 Å². The second-order valence-corrected chi connectivity index (χ2v) is 5.28. The highest BCUT2D eigenvalue weighted by Gasteiger charge is 2.48. The largest absolute Gasteiger partial charge is 0.493 e. The summed E-state index contributed by atoms with van der Waals surface area (Å²) in [4.78, 5) is 36.4. The monoisotopic (exact) mass is 336 g/mol. The molecule has 8 nitrogen and oxygen atoms in total. The van der Waals surface area contributed by atoms with Crippen molar-refractivity contribution >= 4 is 35.1 Å². The zero-order chi connectivity index (χ0) is 16.7. The molecule has 0 aromatic heterocycles. The summed E-state index contributed by atoms with van der Waals surface area (Å²) in [5.74, 6) is -2.62. The number of hydrogen-bond donors (Lipinski definition) is 2. The second kappa shape index (κ2) is 5.51. The molecule has 0 saturated carbocycles. The molecule has 3 rings (SSSR count). The van der Waals surface area contributed by atoms with Crippen LogP contribution in [0.3, 0.4) is 0 Å². The highest BCUT2D eigenvalue weighted by Crippen LogP contribution is 2.44. The van der Waals surface area contributed by atoms with E-state index in [0.29, 0.717) is 11.3 Å². The van der Waals surface area contributed by atoms with Crippen molar-refractivity contribution in [3.8, 4) is 11.5 Å². The quantitative estimate of drug-likeness (QED) is 0.457. The smallest absolute Gasteiger partial charge is 0.343 e. The van der Waals surface area contributed by atoms with Crippen LogP contribution in [0.2, 0.25) is 0 Å². The zero-order valence-corrected chi connectivity index (χ0v) is 13.0. The number of ether oxygens (including phenoxy) is 3. The molecule has 9 heteroatoms. The van der Waals surface area contributed by atoms with Gasteiger partial charge in [0.25, 0.3) is 0 Å². The van der Waals surface area contributed by atoms with Crippen LogP contribution in [0.5, 0.6) is 11.5 Å². The first-order valence-electron chi connectivity index (χ1n) is 6.59. The molecular formula is C14H12N2O6S. The summed E-state index contributed by atoms with van der Waals surface area (Å²) >= 11 is 4.75. The number of rotatable bonds is 3. The van der Waals surface area contributed by atoms with Crippen LogP contribution in [-0.2, 0) is 14.3 Å². The first kappa shape index (κ1) is 15.2. The predicted molar refractivity (Wildman–Crippen MR) is 80.1 cm³/mol. The van der Waals surface area contributed by atoms with E-state index in [2.05, 4.69) is 10.6 Å². The highest BCUT2D eigenvalue weighted by atomic mass is 32.1. The van der Waals surface area contributed by atoms with E-state index in [4.69, 9.17) is 26.4 Å². The van der Waals surface area contributed by atoms with Crippen LogP contribution in [0.4, 0.5) is 0 Å². The molecule has 0 radical (unpaired) electrons. The molecule has 1 saturated heterocycles. The van der Waals surface area contributed by atoms with Gasteiger partial charge in [-0.05, 0) is 18.3 Å². The molecule has 2 N–H and O–H groups in total. The third kappa shape index (κ3) is 2.29. The van der Waals surface area contributed by atoms with Gasteiger partial charge in [0.1, 0.15) is 11.7 Å². The summed E-state index contributed by atoms with van der Waals surface area (Å²) in [6.45, 7) is 0. The lowest BCUT2D eigenvalue weighted by Gasteiger charge is -2.26. The fourth-order valence-corrected chi connectivity index (χ4v) is 2.88. The summed E-state index contributed by atoms with van der Waals surface area (Å²) in [5, 5.41) is 4.62. The van der Waals surface area contributed by atoms with Crippen LogP contribution in [0.15, 0.2) is 12.1 Å². The normalized spacial score (nSPS) is 20.5. The maximum atomic E-state index is 12.2. The van der Waals surface area contributed by atoms with Crippen molar-refractivity contribution in [2.45, 2.75) is 6.10 Å². The van der Waals surface area contributed by atoms with Crippen molar-refractivity contribution in [2.75, 3.05) is 14.2 Å². The Labute approximate surface area is 136 Å². The zero-order valence-electron chi connectivity index (χ0n) is 12.2. The SMILES string of the molecule is COc1ccc2c(c1OC)C(=O)O[C@H]2C1C(=O)NC(=S)NC1=O. The fraction of sp³-hybridized carbons (Fsp3) is 0.286. The molecule has 1 aromatic rings. The molecule has 2 amide bonds. The molecule has 2 heterocycles. The number of carbonyl (C=O) groups is 3. The molecule has 2 aliphatic rings. The van der Waals surface area contributed by atoms with Gasteiger partial charge in [-0.3, -0.25) is 9.59 Å². The van der Waals surface area contributed by atoms with E-state index in [1.807, 2.05) is 0 Å². The summed E-state index contributed by atoms with van der Waals surface area (Å²) in [6.07, 6.45) is -1.06. The summed E-state index contributed by atoms with van der Waals surface area (Å²) < 4.78 is 15.6. The topological polar surface area (TPSA) is 103 Å². The number of cyclic esters (lactones) is 1. The van der Waals surface area contributed by atoms with Gasteiger partial charge in [0.2, 0.25) is 11.8 Å². The number of amides is 2. The molecule has 1 atom stereocenters. The van der Waals surface area contributed by atoms with Gasteiger partial charge in [-0.15, -0.1) is 0 Å². The molecule has 120 valence electrons. The van der Waals surface area contributed by atoms with Crippen molar-refractivity contribution in [3.63, 3.8) is 0 Å². The number of benzene rings is 1. The van der Waals surface area contributed by atoms with Crippen molar-refractivity contribution in [3.05, 3.63) is 23.3 Å². The van der Waals surface area contributed by atoms with E-state index in [1.165, 1.54) is 14.2 Å². The molecule has 1 fully saturated rings. The van der Waals surface area contributed by atoms with Crippen molar-refractivity contribution < 1.29 is 28.6 Å². The van der Waals surface area contributed by atoms with Gasteiger partial charge >= 0.3 is 5.97 Å². The Morgan fingerprint density at radius 2 is 1.74 bits per heavy atom. The number of nitrogens with one attached hydrogen (secondary N) is 2. The van der Waals surface area contributed by atoms with Crippen LogP contribution < -0.4 is 20.1 Å². The fourth-order valence-electron chi connectivity index (χ4n) is 2.68. The lowest BCUT2D eigenvalue weighted by Crippen LogP contribution is -2.57. The number of methoxy groups -OCH3 is 2. The Morgan fingerprint density at radius 3 is 2.30 bits per heavy atom. The van der Waals surface area contributed by atoms with Gasteiger partial charge in [-0.1, -0.05) is 6.07 Å². The molecule has 0 spiro atoms. The van der Waals surface area contributed by atoms with E-state index in [0.717, 1.165) is 0 Å². The lowest BCUT2D eigenvalue weighted by atomic mass is 9.91. The average Bonchev–Trinajstić information content (AvgIpc) is 2.82. The van der Waals surface area contributed by atoms with E-state index < -0.39 is 29.8 Å². The van der Waals surface area contributed by atoms with Crippen molar-refractivity contribution in [1.82, 2.24) is 10.6 Å². The third-order valence-corrected chi connectivity index (χ3v) is 3.87. The maximum Gasteiger partial charge on any atom is 0.343 e. The Balaban J connectivity index is 2.07. The van der Waals surface area contributed by atoms with Crippen LogP contribution >= 0.6 is 12.2 Å². The standard InChI is InChI=1S/C14H12N2O6S/c1-20-6-4-3-5-7(10(6)21-2)13(19)22-9(5)8-11(17)15-14(23)16-12(8)18/h3-4,8-9H,1-2H3,(H2,15,16,17,18,23)/t9-/m1/s1. The molecule has 2 aliphatic heterocycles. The molecule has 1 aromatic carbocycles. The van der Waals surface area contributed by atoms with Crippen LogP contribution in [-0.4, -0.2) is 37.1 Å². The van der Waals surface area contributed by atoms with Crippen molar-refractivity contribution in [1.29, 1.82) is 0 Å².